The van der Waals surface area contributed by atoms with Crippen molar-refractivity contribution in [2.24, 2.45) is 5.92 Å². The average molecular weight is 340 g/mol. The molecule has 0 aliphatic heterocycles. The second kappa shape index (κ2) is 6.35. The fraction of sp³-hybridized carbons (Fsp3) is 0.368. The molecule has 1 aliphatic rings. The molecule has 0 radical (unpaired) electrons. The number of H-pyrrole nitrogens is 1. The molecule has 0 spiro atoms. The van der Waals surface area contributed by atoms with E-state index in [1.807, 2.05) is 10.7 Å². The van der Waals surface area contributed by atoms with Crippen molar-refractivity contribution in [3.63, 3.8) is 0 Å². The van der Waals surface area contributed by atoms with Gasteiger partial charge in [-0.3, -0.25) is 9.48 Å². The zero-order valence-electron chi connectivity index (χ0n) is 14.1. The summed E-state index contributed by atoms with van der Waals surface area (Å²) in [7, 11) is 0. The molecule has 2 N–H and O–H groups in total. The molecule has 2 unspecified atom stereocenters. The van der Waals surface area contributed by atoms with Crippen molar-refractivity contribution in [2.75, 3.05) is 5.32 Å². The van der Waals surface area contributed by atoms with Crippen molar-refractivity contribution in [1.82, 2.24) is 14.8 Å². The van der Waals surface area contributed by atoms with E-state index in [9.17, 15) is 9.18 Å². The van der Waals surface area contributed by atoms with Crippen LogP contribution in [0.25, 0.3) is 10.9 Å². The molecule has 1 aromatic carbocycles. The molecule has 2 atom stereocenters. The Kier molecular flexibility index (Phi) is 4.03. The summed E-state index contributed by atoms with van der Waals surface area (Å²) in [5.41, 5.74) is 1.37. The summed E-state index contributed by atoms with van der Waals surface area (Å²) < 4.78 is 15.1. The Bertz CT molecular complexity index is 944. The van der Waals surface area contributed by atoms with E-state index in [4.69, 9.17) is 5.10 Å². The number of halogens is 1. The van der Waals surface area contributed by atoms with Crippen molar-refractivity contribution >= 4 is 22.4 Å². The summed E-state index contributed by atoms with van der Waals surface area (Å²) >= 11 is 0. The van der Waals surface area contributed by atoms with Gasteiger partial charge in [0.2, 0.25) is 0 Å². The number of rotatable bonds is 3. The quantitative estimate of drug-likeness (QED) is 0.745. The first kappa shape index (κ1) is 15.9. The number of nitrogens with zero attached hydrogens (tertiary/aromatic N) is 2. The molecule has 2 aromatic heterocycles. The van der Waals surface area contributed by atoms with Gasteiger partial charge in [0.15, 0.2) is 5.82 Å². The van der Waals surface area contributed by atoms with Crippen LogP contribution in [0.5, 0.6) is 0 Å². The van der Waals surface area contributed by atoms with Gasteiger partial charge in [-0.2, -0.15) is 5.10 Å². The normalized spacial score (nSPS) is 20.7. The first-order chi connectivity index (χ1) is 12.1. The lowest BCUT2D eigenvalue weighted by atomic mass is 9.86. The summed E-state index contributed by atoms with van der Waals surface area (Å²) in [4.78, 5) is 15.1. The molecule has 4 rings (SSSR count). The monoisotopic (exact) mass is 340 g/mol. The number of pyridine rings is 1. The second-order valence-electron chi connectivity index (χ2n) is 6.82. The topological polar surface area (TPSA) is 62.7 Å². The van der Waals surface area contributed by atoms with Crippen LogP contribution < -0.4 is 10.9 Å². The highest BCUT2D eigenvalue weighted by Crippen LogP contribution is 2.36. The molecule has 25 heavy (non-hydrogen) atoms. The number of fused-ring (bicyclic) bond motifs is 1. The van der Waals surface area contributed by atoms with Gasteiger partial charge in [0.05, 0.1) is 11.6 Å². The number of nitrogens with one attached hydrogen (secondary N) is 2. The predicted molar refractivity (Wildman–Crippen MR) is 96.7 cm³/mol. The lowest BCUT2D eigenvalue weighted by molar-refractivity contribution is 0.246. The highest BCUT2D eigenvalue weighted by atomic mass is 19.1. The van der Waals surface area contributed by atoms with Gasteiger partial charge in [-0.25, -0.2) is 4.39 Å². The minimum Gasteiger partial charge on any atom is -0.338 e. The minimum absolute atomic E-state index is 0.170. The van der Waals surface area contributed by atoms with E-state index in [1.165, 1.54) is 31.4 Å². The number of aromatic nitrogens is 3. The number of hydrogen-bond donors (Lipinski definition) is 2. The van der Waals surface area contributed by atoms with Crippen molar-refractivity contribution in [2.45, 2.75) is 38.6 Å². The van der Waals surface area contributed by atoms with Crippen molar-refractivity contribution in [1.29, 1.82) is 0 Å². The largest absolute Gasteiger partial charge is 0.338 e. The lowest BCUT2D eigenvalue weighted by Crippen LogP contribution is -2.22. The Morgan fingerprint density at radius 1 is 1.20 bits per heavy atom. The molecular formula is C19H21FN4O. The highest BCUT2D eigenvalue weighted by molar-refractivity contribution is 5.91. The van der Waals surface area contributed by atoms with Crippen LogP contribution in [-0.2, 0) is 0 Å². The van der Waals surface area contributed by atoms with Gasteiger partial charge in [-0.15, -0.1) is 0 Å². The van der Waals surface area contributed by atoms with E-state index in [-0.39, 0.29) is 11.4 Å². The summed E-state index contributed by atoms with van der Waals surface area (Å²) in [6.07, 6.45) is 6.34. The van der Waals surface area contributed by atoms with Crippen LogP contribution in [0.1, 0.15) is 38.6 Å². The van der Waals surface area contributed by atoms with E-state index in [2.05, 4.69) is 17.2 Å². The van der Waals surface area contributed by atoms with Crippen molar-refractivity contribution < 1.29 is 4.39 Å². The number of aromatic amines is 1. The maximum atomic E-state index is 13.1. The van der Waals surface area contributed by atoms with E-state index < -0.39 is 0 Å². The Labute approximate surface area is 144 Å². The van der Waals surface area contributed by atoms with Crippen LogP contribution in [0.2, 0.25) is 0 Å². The minimum atomic E-state index is -0.296. The van der Waals surface area contributed by atoms with Crippen LogP contribution in [0.15, 0.2) is 41.3 Å². The fourth-order valence-corrected chi connectivity index (χ4v) is 3.77. The highest BCUT2D eigenvalue weighted by Gasteiger charge is 2.26. The van der Waals surface area contributed by atoms with E-state index in [1.54, 1.807) is 18.3 Å². The van der Waals surface area contributed by atoms with E-state index in [0.717, 1.165) is 11.9 Å². The standard InChI is InChI=1S/C19H21FN4O/c1-12-4-2-3-5-15(12)24-16-10-11-21-19(25)17(16)18(23-24)22-14-8-6-13(20)7-9-14/h6-12,15H,2-5H2,1H3,(H,21,25)(H,22,23). The first-order valence-corrected chi connectivity index (χ1v) is 8.76. The van der Waals surface area contributed by atoms with Crippen LogP contribution in [0.4, 0.5) is 15.9 Å². The smallest absolute Gasteiger partial charge is 0.261 e. The maximum absolute atomic E-state index is 13.1. The molecule has 130 valence electrons. The zero-order chi connectivity index (χ0) is 17.4. The fourth-order valence-electron chi connectivity index (χ4n) is 3.77. The molecule has 0 saturated heterocycles. The summed E-state index contributed by atoms with van der Waals surface area (Å²) in [5, 5.41) is 8.45. The van der Waals surface area contributed by atoms with Crippen LogP contribution in [-0.4, -0.2) is 14.8 Å². The number of benzene rings is 1. The van der Waals surface area contributed by atoms with Gasteiger partial charge in [-0.05, 0) is 49.1 Å². The van der Waals surface area contributed by atoms with Gasteiger partial charge in [0.25, 0.3) is 5.56 Å². The third-order valence-corrected chi connectivity index (χ3v) is 5.12. The SMILES string of the molecule is CC1CCCCC1n1nc(Nc2ccc(F)cc2)c2c(=O)[nH]ccc21. The Morgan fingerprint density at radius 2 is 1.96 bits per heavy atom. The molecule has 0 bridgehead atoms. The third kappa shape index (κ3) is 2.92. The molecule has 1 saturated carbocycles. The van der Waals surface area contributed by atoms with Crippen LogP contribution in [0, 0.1) is 11.7 Å². The number of hydrogen-bond acceptors (Lipinski definition) is 3. The number of anilines is 2. The second-order valence-corrected chi connectivity index (χ2v) is 6.82. The molecule has 3 aromatic rings. The van der Waals surface area contributed by atoms with Crippen LogP contribution in [0.3, 0.4) is 0 Å². The zero-order valence-corrected chi connectivity index (χ0v) is 14.1. The molecule has 6 heteroatoms. The van der Waals surface area contributed by atoms with Crippen molar-refractivity contribution in [3.8, 4) is 0 Å². The van der Waals surface area contributed by atoms with E-state index >= 15 is 0 Å². The van der Waals surface area contributed by atoms with Gasteiger partial charge in [0, 0.05) is 11.9 Å². The Morgan fingerprint density at radius 3 is 2.72 bits per heavy atom. The molecule has 1 fully saturated rings. The Hall–Kier alpha value is -2.63. The Balaban J connectivity index is 1.81. The van der Waals surface area contributed by atoms with Gasteiger partial charge < -0.3 is 10.3 Å². The third-order valence-electron chi connectivity index (χ3n) is 5.12. The molecule has 5 nitrogen and oxygen atoms in total. The summed E-state index contributed by atoms with van der Waals surface area (Å²) in [6, 6.07) is 8.24. The average Bonchev–Trinajstić information content (AvgIpc) is 2.97. The predicted octanol–water partition coefficient (Wildman–Crippen LogP) is 4.36. The van der Waals surface area contributed by atoms with E-state index in [0.29, 0.717) is 28.9 Å². The van der Waals surface area contributed by atoms with Gasteiger partial charge in [-0.1, -0.05) is 19.8 Å². The lowest BCUT2D eigenvalue weighted by Gasteiger charge is -2.29. The van der Waals surface area contributed by atoms with Crippen molar-refractivity contribution in [3.05, 3.63) is 52.7 Å². The van der Waals surface area contributed by atoms with Gasteiger partial charge >= 0.3 is 0 Å². The molecule has 1 aliphatic carbocycles. The first-order valence-electron chi connectivity index (χ1n) is 8.76. The summed E-state index contributed by atoms with van der Waals surface area (Å²) in [6.45, 7) is 2.25. The van der Waals surface area contributed by atoms with Crippen LogP contribution >= 0.6 is 0 Å². The molecule has 0 amide bonds. The van der Waals surface area contributed by atoms with Gasteiger partial charge in [0.1, 0.15) is 11.2 Å². The molecule has 2 heterocycles. The summed E-state index contributed by atoms with van der Waals surface area (Å²) in [5.74, 6) is 0.742. The maximum Gasteiger partial charge on any atom is 0.261 e. The molecular weight excluding hydrogens is 319 g/mol.